The maximum absolute atomic E-state index is 12.9. The molecule has 1 aliphatic carbocycles. The first-order valence-corrected chi connectivity index (χ1v) is 10.2. The molecule has 8 nitrogen and oxygen atoms in total. The maximum Gasteiger partial charge on any atom is 0.235 e. The Morgan fingerprint density at radius 3 is 2.85 bits per heavy atom. The third-order valence-corrected chi connectivity index (χ3v) is 6.24. The molecule has 27 heavy (non-hydrogen) atoms. The van der Waals surface area contributed by atoms with Gasteiger partial charge in [0.25, 0.3) is 0 Å². The third kappa shape index (κ3) is 4.13. The van der Waals surface area contributed by atoms with Crippen molar-refractivity contribution in [1.29, 1.82) is 0 Å². The van der Waals surface area contributed by atoms with Crippen LogP contribution >= 0.6 is 11.3 Å². The van der Waals surface area contributed by atoms with Gasteiger partial charge in [-0.25, -0.2) is 4.98 Å². The second-order valence-corrected chi connectivity index (χ2v) is 8.18. The van der Waals surface area contributed by atoms with Gasteiger partial charge in [0.2, 0.25) is 5.91 Å². The summed E-state index contributed by atoms with van der Waals surface area (Å²) in [5, 5.41) is 32.5. The maximum atomic E-state index is 12.9. The molecule has 146 valence electrons. The number of thiazole rings is 1. The number of aromatic nitrogens is 1. The highest BCUT2D eigenvalue weighted by Gasteiger charge is 2.40. The SMILES string of the molecule is O=C1NC(NC2CCC2)NC(NC[C@H](O)CO)C1c1nc2ccccc2s1. The Kier molecular flexibility index (Phi) is 5.67. The predicted octanol–water partition coefficient (Wildman–Crippen LogP) is -0.206. The van der Waals surface area contributed by atoms with Gasteiger partial charge >= 0.3 is 0 Å². The zero-order chi connectivity index (χ0) is 18.8. The van der Waals surface area contributed by atoms with Crippen LogP contribution in [0.25, 0.3) is 10.2 Å². The number of amides is 1. The minimum Gasteiger partial charge on any atom is -0.394 e. The van der Waals surface area contributed by atoms with E-state index in [0.29, 0.717) is 6.04 Å². The van der Waals surface area contributed by atoms with Gasteiger partial charge in [0.15, 0.2) is 0 Å². The van der Waals surface area contributed by atoms with Crippen LogP contribution in [0.2, 0.25) is 0 Å². The molecule has 2 heterocycles. The van der Waals surface area contributed by atoms with Crippen molar-refractivity contribution in [3.63, 3.8) is 0 Å². The number of para-hydroxylation sites is 1. The van der Waals surface area contributed by atoms with E-state index in [0.717, 1.165) is 28.1 Å². The lowest BCUT2D eigenvalue weighted by Crippen LogP contribution is -2.70. The van der Waals surface area contributed by atoms with E-state index in [-0.39, 0.29) is 25.3 Å². The molecule has 4 rings (SSSR count). The molecular weight excluding hydrogens is 366 g/mol. The van der Waals surface area contributed by atoms with E-state index in [1.807, 2.05) is 24.3 Å². The Morgan fingerprint density at radius 1 is 1.33 bits per heavy atom. The molecule has 0 spiro atoms. The molecule has 2 fully saturated rings. The lowest BCUT2D eigenvalue weighted by molar-refractivity contribution is -0.127. The number of rotatable bonds is 7. The number of benzene rings is 1. The summed E-state index contributed by atoms with van der Waals surface area (Å²) in [5.41, 5.74) is 0.870. The zero-order valence-electron chi connectivity index (χ0n) is 14.9. The largest absolute Gasteiger partial charge is 0.394 e. The van der Waals surface area contributed by atoms with Gasteiger partial charge in [0.05, 0.1) is 29.1 Å². The standard InChI is InChI=1S/C18H25N5O3S/c24-9-11(25)8-19-15-14(17-21-12-6-1-2-7-13(12)27-17)16(26)23-18(22-15)20-10-4-3-5-10/h1-2,6-7,10-11,14-15,18-20,22,24-25H,3-5,8-9H2,(H,23,26)/t11-,14?,15?,18?/m0/s1. The minimum atomic E-state index is -0.883. The van der Waals surface area contributed by atoms with Crippen molar-refractivity contribution in [2.75, 3.05) is 13.2 Å². The van der Waals surface area contributed by atoms with Crippen molar-refractivity contribution in [2.24, 2.45) is 0 Å². The van der Waals surface area contributed by atoms with E-state index in [2.05, 4.69) is 26.3 Å². The molecule has 1 aliphatic heterocycles. The summed E-state index contributed by atoms with van der Waals surface area (Å²) in [7, 11) is 0. The van der Waals surface area contributed by atoms with Gasteiger partial charge < -0.3 is 15.5 Å². The van der Waals surface area contributed by atoms with Crippen LogP contribution in [0.4, 0.5) is 0 Å². The summed E-state index contributed by atoms with van der Waals surface area (Å²) in [5.74, 6) is -0.631. The van der Waals surface area contributed by atoms with E-state index in [1.54, 1.807) is 0 Å². The number of carbonyl (C=O) groups excluding carboxylic acids is 1. The van der Waals surface area contributed by atoms with Crippen molar-refractivity contribution in [2.45, 2.75) is 49.8 Å². The highest BCUT2D eigenvalue weighted by molar-refractivity contribution is 7.18. The molecule has 1 saturated carbocycles. The van der Waals surface area contributed by atoms with Crippen molar-refractivity contribution >= 4 is 27.5 Å². The van der Waals surface area contributed by atoms with Gasteiger partial charge in [-0.05, 0) is 25.0 Å². The molecule has 4 atom stereocenters. The summed E-state index contributed by atoms with van der Waals surface area (Å²) < 4.78 is 1.03. The smallest absolute Gasteiger partial charge is 0.235 e. The molecular formula is C18H25N5O3S. The van der Waals surface area contributed by atoms with Gasteiger partial charge in [0, 0.05) is 12.6 Å². The Bertz CT molecular complexity index is 763. The highest BCUT2D eigenvalue weighted by Crippen LogP contribution is 2.30. The van der Waals surface area contributed by atoms with Gasteiger partial charge in [0.1, 0.15) is 17.2 Å². The van der Waals surface area contributed by atoms with E-state index < -0.39 is 18.2 Å². The average Bonchev–Trinajstić information content (AvgIpc) is 3.05. The second-order valence-electron chi connectivity index (χ2n) is 7.12. The molecule has 1 saturated heterocycles. The van der Waals surface area contributed by atoms with Crippen LogP contribution in [0.5, 0.6) is 0 Å². The van der Waals surface area contributed by atoms with Crippen LogP contribution < -0.4 is 21.3 Å². The number of carbonyl (C=O) groups is 1. The number of nitrogens with one attached hydrogen (secondary N) is 4. The molecule has 1 aromatic heterocycles. The average molecular weight is 391 g/mol. The zero-order valence-corrected chi connectivity index (χ0v) is 15.7. The van der Waals surface area contributed by atoms with Crippen LogP contribution in [-0.2, 0) is 4.79 Å². The third-order valence-electron chi connectivity index (χ3n) is 5.12. The van der Waals surface area contributed by atoms with Crippen molar-refractivity contribution < 1.29 is 15.0 Å². The number of fused-ring (bicyclic) bond motifs is 1. The quantitative estimate of drug-likeness (QED) is 0.387. The number of hydrogen-bond acceptors (Lipinski definition) is 8. The van der Waals surface area contributed by atoms with Crippen molar-refractivity contribution in [3.8, 4) is 0 Å². The van der Waals surface area contributed by atoms with Gasteiger partial charge in [-0.2, -0.15) is 0 Å². The number of aliphatic hydroxyl groups excluding tert-OH is 2. The molecule has 1 aromatic carbocycles. The first kappa shape index (κ1) is 18.7. The van der Waals surface area contributed by atoms with Gasteiger partial charge in [-0.3, -0.25) is 20.7 Å². The minimum absolute atomic E-state index is 0.111. The molecule has 2 aromatic rings. The van der Waals surface area contributed by atoms with Crippen molar-refractivity contribution in [3.05, 3.63) is 29.3 Å². The molecule has 1 amide bonds. The van der Waals surface area contributed by atoms with Crippen LogP contribution in [-0.4, -0.2) is 58.9 Å². The van der Waals surface area contributed by atoms with E-state index in [4.69, 9.17) is 5.11 Å². The summed E-state index contributed by atoms with van der Waals surface area (Å²) in [6, 6.07) is 8.21. The number of hydrogen-bond donors (Lipinski definition) is 6. The fraction of sp³-hybridized carbons (Fsp3) is 0.556. The summed E-state index contributed by atoms with van der Waals surface area (Å²) in [6.07, 6.45) is 1.80. The predicted molar refractivity (Wildman–Crippen MR) is 103 cm³/mol. The van der Waals surface area contributed by atoms with E-state index in [9.17, 15) is 9.90 Å². The number of aliphatic hydroxyl groups is 2. The number of nitrogens with zero attached hydrogens (tertiary/aromatic N) is 1. The molecule has 9 heteroatoms. The monoisotopic (exact) mass is 391 g/mol. The Labute approximate surface area is 161 Å². The fourth-order valence-electron chi connectivity index (χ4n) is 3.38. The summed E-state index contributed by atoms with van der Waals surface area (Å²) in [6.45, 7) is -0.152. The van der Waals surface area contributed by atoms with Crippen LogP contribution in [0.15, 0.2) is 24.3 Å². The molecule has 2 aliphatic rings. The summed E-state index contributed by atoms with van der Waals surface area (Å²) >= 11 is 1.50. The van der Waals surface area contributed by atoms with Gasteiger partial charge in [-0.15, -0.1) is 11.3 Å². The second kappa shape index (κ2) is 8.17. The van der Waals surface area contributed by atoms with Crippen LogP contribution in [0.3, 0.4) is 0 Å². The Morgan fingerprint density at radius 2 is 2.15 bits per heavy atom. The normalized spacial score (nSPS) is 27.3. The molecule has 0 bridgehead atoms. The Hall–Kier alpha value is -1.62. The first-order valence-electron chi connectivity index (χ1n) is 9.34. The molecule has 0 radical (unpaired) electrons. The lowest BCUT2D eigenvalue weighted by Gasteiger charge is -2.40. The van der Waals surface area contributed by atoms with Gasteiger partial charge in [-0.1, -0.05) is 18.6 Å². The Balaban J connectivity index is 1.55. The molecule has 3 unspecified atom stereocenters. The van der Waals surface area contributed by atoms with Crippen LogP contribution in [0.1, 0.15) is 30.2 Å². The lowest BCUT2D eigenvalue weighted by atomic mass is 9.93. The fourth-order valence-corrected chi connectivity index (χ4v) is 4.49. The highest BCUT2D eigenvalue weighted by atomic mass is 32.1. The first-order chi connectivity index (χ1) is 13.1. The van der Waals surface area contributed by atoms with Crippen LogP contribution in [0, 0.1) is 0 Å². The summed E-state index contributed by atoms with van der Waals surface area (Å²) in [4.78, 5) is 17.6. The topological polar surface area (TPSA) is 119 Å². The van der Waals surface area contributed by atoms with Crippen molar-refractivity contribution in [1.82, 2.24) is 26.3 Å². The molecule has 6 N–H and O–H groups in total. The van der Waals surface area contributed by atoms with E-state index >= 15 is 0 Å². The van der Waals surface area contributed by atoms with E-state index in [1.165, 1.54) is 17.8 Å².